The van der Waals surface area contributed by atoms with Crippen LogP contribution in [0.5, 0.6) is 0 Å². The lowest BCUT2D eigenvalue weighted by Crippen LogP contribution is -2.46. The van der Waals surface area contributed by atoms with Gasteiger partial charge in [0.2, 0.25) is 5.91 Å². The summed E-state index contributed by atoms with van der Waals surface area (Å²) in [4.78, 5) is 23.4. The molecule has 6 nitrogen and oxygen atoms in total. The Morgan fingerprint density at radius 1 is 1.09 bits per heavy atom. The minimum Gasteiger partial charge on any atom is -0.481 e. The zero-order valence-electron chi connectivity index (χ0n) is 13.9. The molecule has 1 saturated carbocycles. The molecule has 7 heteroatoms. The molecular formula is C16H29NO5S. The Hall–Kier alpha value is -1.11. The monoisotopic (exact) mass is 347 g/mol. The maximum Gasteiger partial charge on any atom is 0.308 e. The Bertz CT molecular complexity index is 489. The van der Waals surface area contributed by atoms with Crippen molar-refractivity contribution in [1.82, 2.24) is 5.32 Å². The van der Waals surface area contributed by atoms with Crippen molar-refractivity contribution >= 4 is 21.7 Å². The van der Waals surface area contributed by atoms with Gasteiger partial charge < -0.3 is 10.4 Å². The van der Waals surface area contributed by atoms with Gasteiger partial charge in [0.05, 0.1) is 11.7 Å². The first-order chi connectivity index (χ1) is 10.9. The van der Waals surface area contributed by atoms with Gasteiger partial charge in [0.25, 0.3) is 0 Å². The number of amides is 1. The van der Waals surface area contributed by atoms with Gasteiger partial charge in [-0.2, -0.15) is 0 Å². The third-order valence-electron chi connectivity index (χ3n) is 4.34. The molecule has 23 heavy (non-hydrogen) atoms. The van der Waals surface area contributed by atoms with Crippen molar-refractivity contribution in [1.29, 1.82) is 0 Å². The molecule has 0 spiro atoms. The standard InChI is InChI=1S/C16H29NO5S/c1-2-3-8-11-23(21,22)12-15(18)17-14-10-7-5-4-6-9-13(14)16(19)20/h13-14H,2-12H2,1H3,(H,17,18)(H,19,20). The van der Waals surface area contributed by atoms with Crippen LogP contribution in [-0.4, -0.2) is 42.9 Å². The summed E-state index contributed by atoms with van der Waals surface area (Å²) >= 11 is 0. The van der Waals surface area contributed by atoms with E-state index in [2.05, 4.69) is 5.32 Å². The zero-order valence-corrected chi connectivity index (χ0v) is 14.7. The van der Waals surface area contributed by atoms with Crippen molar-refractivity contribution in [3.63, 3.8) is 0 Å². The van der Waals surface area contributed by atoms with Crippen LogP contribution in [0.4, 0.5) is 0 Å². The summed E-state index contributed by atoms with van der Waals surface area (Å²) in [5.74, 6) is -2.63. The molecule has 0 aromatic carbocycles. The molecule has 2 unspecified atom stereocenters. The first-order valence-corrected chi connectivity index (χ1v) is 10.4. The Kier molecular flexibility index (Phi) is 8.58. The van der Waals surface area contributed by atoms with Crippen molar-refractivity contribution < 1.29 is 23.1 Å². The van der Waals surface area contributed by atoms with Gasteiger partial charge in [0.15, 0.2) is 9.84 Å². The second kappa shape index (κ2) is 9.90. The highest BCUT2D eigenvalue weighted by atomic mass is 32.2. The van der Waals surface area contributed by atoms with Crippen LogP contribution in [0.3, 0.4) is 0 Å². The van der Waals surface area contributed by atoms with E-state index >= 15 is 0 Å². The molecule has 1 fully saturated rings. The largest absolute Gasteiger partial charge is 0.481 e. The van der Waals surface area contributed by atoms with Gasteiger partial charge in [0, 0.05) is 6.04 Å². The Morgan fingerprint density at radius 3 is 2.35 bits per heavy atom. The van der Waals surface area contributed by atoms with E-state index in [-0.39, 0.29) is 5.75 Å². The minimum absolute atomic E-state index is 0.0152. The molecule has 134 valence electrons. The fourth-order valence-corrected chi connectivity index (χ4v) is 4.32. The smallest absolute Gasteiger partial charge is 0.308 e. The average molecular weight is 347 g/mol. The lowest BCUT2D eigenvalue weighted by molar-refractivity contribution is -0.143. The van der Waals surface area contributed by atoms with Crippen molar-refractivity contribution in [3.8, 4) is 0 Å². The van der Waals surface area contributed by atoms with Gasteiger partial charge >= 0.3 is 5.97 Å². The Labute approximate surface area is 139 Å². The summed E-state index contributed by atoms with van der Waals surface area (Å²) in [7, 11) is -3.42. The van der Waals surface area contributed by atoms with Gasteiger partial charge in [-0.3, -0.25) is 9.59 Å². The van der Waals surface area contributed by atoms with Crippen molar-refractivity contribution in [2.45, 2.75) is 70.8 Å². The van der Waals surface area contributed by atoms with E-state index in [1.54, 1.807) is 0 Å². The molecule has 0 saturated heterocycles. The summed E-state index contributed by atoms with van der Waals surface area (Å²) in [5.41, 5.74) is 0. The molecule has 0 heterocycles. The normalized spacial score (nSPS) is 22.8. The average Bonchev–Trinajstić information content (AvgIpc) is 2.41. The number of unbranched alkanes of at least 4 members (excludes halogenated alkanes) is 2. The van der Waals surface area contributed by atoms with Crippen molar-refractivity contribution in [2.24, 2.45) is 5.92 Å². The van der Waals surface area contributed by atoms with Gasteiger partial charge in [-0.1, -0.05) is 45.4 Å². The van der Waals surface area contributed by atoms with Crippen LogP contribution < -0.4 is 5.32 Å². The van der Waals surface area contributed by atoms with E-state index in [0.717, 1.165) is 38.5 Å². The summed E-state index contributed by atoms with van der Waals surface area (Å²) < 4.78 is 23.8. The maximum absolute atomic E-state index is 12.0. The third kappa shape index (κ3) is 7.81. The fourth-order valence-electron chi connectivity index (χ4n) is 3.05. The van der Waals surface area contributed by atoms with Crippen LogP contribution in [0, 0.1) is 5.92 Å². The maximum atomic E-state index is 12.0. The highest BCUT2D eigenvalue weighted by molar-refractivity contribution is 7.92. The van der Waals surface area contributed by atoms with E-state index in [9.17, 15) is 23.1 Å². The minimum atomic E-state index is -3.42. The van der Waals surface area contributed by atoms with Crippen LogP contribution in [0.2, 0.25) is 0 Å². The van der Waals surface area contributed by atoms with Crippen LogP contribution in [0.1, 0.15) is 64.7 Å². The second-order valence-electron chi connectivity index (χ2n) is 6.41. The van der Waals surface area contributed by atoms with Crippen LogP contribution >= 0.6 is 0 Å². The molecule has 1 aliphatic rings. The number of aliphatic carboxylic acids is 1. The van der Waals surface area contributed by atoms with E-state index in [1.165, 1.54) is 0 Å². The van der Waals surface area contributed by atoms with Gasteiger partial charge in [-0.15, -0.1) is 0 Å². The predicted molar refractivity (Wildman–Crippen MR) is 88.9 cm³/mol. The van der Waals surface area contributed by atoms with Gasteiger partial charge in [-0.25, -0.2) is 8.42 Å². The lowest BCUT2D eigenvalue weighted by Gasteiger charge is -2.27. The number of nitrogens with one attached hydrogen (secondary N) is 1. The van der Waals surface area contributed by atoms with Crippen LogP contribution in [0.25, 0.3) is 0 Å². The lowest BCUT2D eigenvalue weighted by atomic mass is 9.87. The quantitative estimate of drug-likeness (QED) is 0.655. The highest BCUT2D eigenvalue weighted by Crippen LogP contribution is 2.23. The summed E-state index contributed by atoms with van der Waals surface area (Å²) in [6, 6.07) is -0.467. The fraction of sp³-hybridized carbons (Fsp3) is 0.875. The van der Waals surface area contributed by atoms with Crippen molar-refractivity contribution in [2.75, 3.05) is 11.5 Å². The molecule has 0 radical (unpaired) electrons. The Morgan fingerprint density at radius 2 is 1.74 bits per heavy atom. The van der Waals surface area contributed by atoms with Crippen molar-refractivity contribution in [3.05, 3.63) is 0 Å². The predicted octanol–water partition coefficient (Wildman–Crippen LogP) is 2.13. The van der Waals surface area contributed by atoms with Crippen LogP contribution in [0.15, 0.2) is 0 Å². The molecule has 0 bridgehead atoms. The number of carboxylic acid groups (broad SMARTS) is 1. The number of sulfone groups is 1. The van der Waals surface area contributed by atoms with E-state index in [1.807, 2.05) is 6.92 Å². The summed E-state index contributed by atoms with van der Waals surface area (Å²) in [6.45, 7) is 1.99. The van der Waals surface area contributed by atoms with E-state index in [4.69, 9.17) is 0 Å². The first-order valence-electron chi connectivity index (χ1n) is 8.58. The van der Waals surface area contributed by atoms with Crippen LogP contribution in [-0.2, 0) is 19.4 Å². The molecule has 2 N–H and O–H groups in total. The zero-order chi connectivity index (χ0) is 17.3. The second-order valence-corrected chi connectivity index (χ2v) is 8.59. The van der Waals surface area contributed by atoms with Gasteiger partial charge in [0.1, 0.15) is 5.75 Å². The number of hydrogen-bond acceptors (Lipinski definition) is 4. The molecule has 1 aliphatic carbocycles. The molecule has 0 aromatic rings. The third-order valence-corrected chi connectivity index (χ3v) is 5.95. The summed E-state index contributed by atoms with van der Waals surface area (Å²) in [5, 5.41) is 12.0. The highest BCUT2D eigenvalue weighted by Gasteiger charge is 2.30. The van der Waals surface area contributed by atoms with Gasteiger partial charge in [-0.05, 0) is 19.3 Å². The molecule has 2 atom stereocenters. The molecule has 0 aromatic heterocycles. The van der Waals surface area contributed by atoms with E-state index < -0.39 is 39.4 Å². The Balaban J connectivity index is 2.59. The molecule has 1 amide bonds. The SMILES string of the molecule is CCCCCS(=O)(=O)CC(=O)NC1CCCCCCC1C(=O)O. The van der Waals surface area contributed by atoms with E-state index in [0.29, 0.717) is 19.3 Å². The molecule has 1 rings (SSSR count). The topological polar surface area (TPSA) is 101 Å². The molecule has 0 aliphatic heterocycles. The number of carboxylic acids is 1. The first kappa shape index (κ1) is 19.9. The molecular weight excluding hydrogens is 318 g/mol. The number of carbonyl (C=O) groups is 2. The number of hydrogen-bond donors (Lipinski definition) is 2. The number of carbonyl (C=O) groups excluding carboxylic acids is 1. The number of rotatable bonds is 8. The summed E-state index contributed by atoms with van der Waals surface area (Å²) in [6.07, 6.45) is 7.16.